The van der Waals surface area contributed by atoms with Crippen molar-refractivity contribution in [2.45, 2.75) is 32.2 Å². The summed E-state index contributed by atoms with van der Waals surface area (Å²) in [6.07, 6.45) is 2.97. The number of rotatable bonds is 6. The molecule has 18 heavy (non-hydrogen) atoms. The summed E-state index contributed by atoms with van der Waals surface area (Å²) in [5, 5.41) is 0. The van der Waals surface area contributed by atoms with Crippen LogP contribution in [0.2, 0.25) is 0 Å². The molecule has 1 saturated carbocycles. The Morgan fingerprint density at radius 1 is 1.39 bits per heavy atom. The highest BCUT2D eigenvalue weighted by Crippen LogP contribution is 2.34. The second-order valence-electron chi connectivity index (χ2n) is 4.99. The lowest BCUT2D eigenvalue weighted by atomic mass is 10.2. The first-order valence-corrected chi connectivity index (χ1v) is 6.62. The van der Waals surface area contributed by atoms with Crippen molar-refractivity contribution in [1.82, 2.24) is 4.90 Å². The van der Waals surface area contributed by atoms with Crippen LogP contribution in [-0.4, -0.2) is 30.5 Å². The Morgan fingerprint density at radius 2 is 2.06 bits per heavy atom. The topological polar surface area (TPSA) is 29.5 Å². The molecule has 1 aliphatic rings. The van der Waals surface area contributed by atoms with Crippen molar-refractivity contribution in [2.75, 3.05) is 13.7 Å². The van der Waals surface area contributed by atoms with Gasteiger partial charge in [-0.15, -0.1) is 0 Å². The van der Waals surface area contributed by atoms with Gasteiger partial charge in [0.2, 0.25) is 5.91 Å². The number of para-hydroxylation sites is 1. The highest BCUT2D eigenvalue weighted by atomic mass is 16.5. The molecule has 1 atom stereocenters. The summed E-state index contributed by atoms with van der Waals surface area (Å²) >= 11 is 0. The largest absolute Gasteiger partial charge is 0.493 e. The van der Waals surface area contributed by atoms with Gasteiger partial charge in [-0.25, -0.2) is 0 Å². The van der Waals surface area contributed by atoms with E-state index in [1.165, 1.54) is 12.8 Å². The summed E-state index contributed by atoms with van der Waals surface area (Å²) in [7, 11) is 1.90. The van der Waals surface area contributed by atoms with E-state index in [2.05, 4.69) is 6.92 Å². The normalized spacial score (nSPS) is 16.1. The molecule has 1 fully saturated rings. The van der Waals surface area contributed by atoms with Gasteiger partial charge in [-0.3, -0.25) is 4.79 Å². The van der Waals surface area contributed by atoms with Gasteiger partial charge in [0.25, 0.3) is 0 Å². The van der Waals surface area contributed by atoms with Crippen LogP contribution < -0.4 is 4.74 Å². The van der Waals surface area contributed by atoms with Gasteiger partial charge in [-0.2, -0.15) is 0 Å². The first-order valence-electron chi connectivity index (χ1n) is 6.62. The molecule has 0 N–H and O–H groups in total. The van der Waals surface area contributed by atoms with E-state index in [1.54, 1.807) is 0 Å². The molecule has 98 valence electrons. The van der Waals surface area contributed by atoms with Gasteiger partial charge in [-0.1, -0.05) is 18.2 Å². The Kier molecular flexibility index (Phi) is 4.24. The van der Waals surface area contributed by atoms with E-state index in [4.69, 9.17) is 4.74 Å². The summed E-state index contributed by atoms with van der Waals surface area (Å²) in [5.41, 5.74) is 0. The Bertz CT molecular complexity index is 387. The van der Waals surface area contributed by atoms with Crippen molar-refractivity contribution >= 4 is 5.91 Å². The number of nitrogens with zero attached hydrogens (tertiary/aromatic N) is 1. The minimum Gasteiger partial charge on any atom is -0.493 e. The molecule has 2 rings (SSSR count). The zero-order valence-corrected chi connectivity index (χ0v) is 11.1. The van der Waals surface area contributed by atoms with E-state index in [-0.39, 0.29) is 5.91 Å². The lowest BCUT2D eigenvalue weighted by molar-refractivity contribution is -0.132. The summed E-state index contributed by atoms with van der Waals surface area (Å²) in [5.74, 6) is 1.71. The molecule has 1 aromatic rings. The van der Waals surface area contributed by atoms with Crippen LogP contribution in [0.1, 0.15) is 26.2 Å². The second kappa shape index (κ2) is 5.89. The monoisotopic (exact) mass is 247 g/mol. The quantitative estimate of drug-likeness (QED) is 0.773. The van der Waals surface area contributed by atoms with Crippen molar-refractivity contribution in [3.05, 3.63) is 30.3 Å². The van der Waals surface area contributed by atoms with Crippen LogP contribution in [-0.2, 0) is 4.79 Å². The number of hydrogen-bond acceptors (Lipinski definition) is 2. The van der Waals surface area contributed by atoms with Gasteiger partial charge < -0.3 is 9.64 Å². The van der Waals surface area contributed by atoms with Crippen molar-refractivity contribution in [3.8, 4) is 5.75 Å². The smallest absolute Gasteiger partial charge is 0.225 e. The summed E-state index contributed by atoms with van der Waals surface area (Å²) < 4.78 is 5.54. The van der Waals surface area contributed by atoms with Crippen molar-refractivity contribution in [1.29, 1.82) is 0 Å². The van der Waals surface area contributed by atoms with E-state index in [0.717, 1.165) is 5.75 Å². The predicted molar refractivity (Wildman–Crippen MR) is 71.5 cm³/mol. The molecule has 0 aromatic heterocycles. The summed E-state index contributed by atoms with van der Waals surface area (Å²) in [6.45, 7) is 2.58. The molecule has 1 aliphatic carbocycles. The molecule has 0 spiro atoms. The van der Waals surface area contributed by atoms with Gasteiger partial charge in [0.1, 0.15) is 5.75 Å². The molecule has 0 heterocycles. The first-order chi connectivity index (χ1) is 8.68. The van der Waals surface area contributed by atoms with E-state index < -0.39 is 0 Å². The van der Waals surface area contributed by atoms with Crippen LogP contribution in [0, 0.1) is 5.92 Å². The SMILES string of the molecule is CC(C1CC1)N(C)C(=O)CCOc1ccccc1. The van der Waals surface area contributed by atoms with Crippen LogP contribution in [0.4, 0.5) is 0 Å². The van der Waals surface area contributed by atoms with Crippen LogP contribution in [0.3, 0.4) is 0 Å². The van der Waals surface area contributed by atoms with Crippen LogP contribution >= 0.6 is 0 Å². The molecule has 1 amide bonds. The Labute approximate surface area is 109 Å². The molecule has 0 bridgehead atoms. The number of carbonyl (C=O) groups is 1. The zero-order valence-electron chi connectivity index (χ0n) is 11.1. The fourth-order valence-corrected chi connectivity index (χ4v) is 2.07. The van der Waals surface area contributed by atoms with Crippen molar-refractivity contribution in [2.24, 2.45) is 5.92 Å². The molecule has 1 unspecified atom stereocenters. The highest BCUT2D eigenvalue weighted by molar-refractivity contribution is 5.76. The first kappa shape index (κ1) is 12.9. The van der Waals surface area contributed by atoms with E-state index in [9.17, 15) is 4.79 Å². The maximum Gasteiger partial charge on any atom is 0.225 e. The lowest BCUT2D eigenvalue weighted by Crippen LogP contribution is -2.37. The lowest BCUT2D eigenvalue weighted by Gasteiger charge is -2.24. The van der Waals surface area contributed by atoms with Gasteiger partial charge in [-0.05, 0) is 37.8 Å². The Morgan fingerprint density at radius 3 is 2.67 bits per heavy atom. The molecule has 0 aliphatic heterocycles. The molecule has 3 nitrogen and oxygen atoms in total. The van der Waals surface area contributed by atoms with E-state index >= 15 is 0 Å². The fourth-order valence-electron chi connectivity index (χ4n) is 2.07. The zero-order chi connectivity index (χ0) is 13.0. The third-order valence-electron chi connectivity index (χ3n) is 3.64. The molecule has 0 saturated heterocycles. The maximum atomic E-state index is 12.0. The molecule has 1 aromatic carbocycles. The van der Waals surface area contributed by atoms with Crippen LogP contribution in [0.15, 0.2) is 30.3 Å². The minimum absolute atomic E-state index is 0.172. The number of amides is 1. The van der Waals surface area contributed by atoms with Gasteiger partial charge >= 0.3 is 0 Å². The van der Waals surface area contributed by atoms with Crippen LogP contribution in [0.25, 0.3) is 0 Å². The predicted octanol–water partition coefficient (Wildman–Crippen LogP) is 2.71. The summed E-state index contributed by atoms with van der Waals surface area (Å²) in [6, 6.07) is 9.98. The highest BCUT2D eigenvalue weighted by Gasteiger charge is 2.32. The third-order valence-corrected chi connectivity index (χ3v) is 3.64. The number of carbonyl (C=O) groups excluding carboxylic acids is 1. The van der Waals surface area contributed by atoms with Gasteiger partial charge in [0.15, 0.2) is 0 Å². The van der Waals surface area contributed by atoms with Crippen molar-refractivity contribution < 1.29 is 9.53 Å². The number of benzene rings is 1. The van der Waals surface area contributed by atoms with Gasteiger partial charge in [0, 0.05) is 13.1 Å². The Balaban J connectivity index is 1.71. The van der Waals surface area contributed by atoms with E-state index in [0.29, 0.717) is 25.0 Å². The fraction of sp³-hybridized carbons (Fsp3) is 0.533. The molecule has 0 radical (unpaired) electrons. The number of hydrogen-bond donors (Lipinski definition) is 0. The minimum atomic E-state index is 0.172. The molecular formula is C15H21NO2. The average molecular weight is 247 g/mol. The molecular weight excluding hydrogens is 226 g/mol. The Hall–Kier alpha value is -1.51. The molecule has 3 heteroatoms. The van der Waals surface area contributed by atoms with Gasteiger partial charge in [0.05, 0.1) is 13.0 Å². The van der Waals surface area contributed by atoms with Crippen molar-refractivity contribution in [3.63, 3.8) is 0 Å². The van der Waals surface area contributed by atoms with Crippen LogP contribution in [0.5, 0.6) is 5.75 Å². The average Bonchev–Trinajstić information content (AvgIpc) is 3.22. The summed E-state index contributed by atoms with van der Waals surface area (Å²) in [4.78, 5) is 13.8. The third kappa shape index (κ3) is 3.49. The number of ether oxygens (including phenoxy) is 1. The van der Waals surface area contributed by atoms with E-state index in [1.807, 2.05) is 42.3 Å². The standard InChI is InChI=1S/C15H21NO2/c1-12(13-8-9-13)16(2)15(17)10-11-18-14-6-4-3-5-7-14/h3-7,12-13H,8-11H2,1-2H3. The maximum absolute atomic E-state index is 12.0. The second-order valence-corrected chi connectivity index (χ2v) is 4.99.